The fourth-order valence-corrected chi connectivity index (χ4v) is 6.80. The zero-order valence-electron chi connectivity index (χ0n) is 35.6. The van der Waals surface area contributed by atoms with Gasteiger partial charge in [0.25, 0.3) is 0 Å². The first-order valence-corrected chi connectivity index (χ1v) is 22.9. The SMILES string of the molecule is CC/C=C/C=C/C=C\C=C/CCCC(CC(=O)NC(CO)C(O)CCCCCCCCCCCCC)OC(=O)CCCCCCCCCCCCCCC. The summed E-state index contributed by atoms with van der Waals surface area (Å²) in [5.41, 5.74) is 0. The average Bonchev–Trinajstić information content (AvgIpc) is 3.16. The van der Waals surface area contributed by atoms with Crippen molar-refractivity contribution in [3.8, 4) is 0 Å². The number of aliphatic hydroxyl groups excluding tert-OH is 2. The van der Waals surface area contributed by atoms with Gasteiger partial charge in [-0.05, 0) is 38.5 Å². The Morgan fingerprint density at radius 3 is 1.48 bits per heavy atom. The van der Waals surface area contributed by atoms with E-state index in [-0.39, 0.29) is 24.9 Å². The molecule has 0 fully saturated rings. The number of allylic oxidation sites excluding steroid dienone is 8. The molecule has 0 saturated carbocycles. The Morgan fingerprint density at radius 2 is 1.00 bits per heavy atom. The molecule has 0 aliphatic carbocycles. The maximum atomic E-state index is 13.1. The number of unbranched alkanes of at least 4 members (excludes halogenated alkanes) is 23. The van der Waals surface area contributed by atoms with Crippen LogP contribution in [0.15, 0.2) is 48.6 Å². The molecule has 3 unspecified atom stereocenters. The van der Waals surface area contributed by atoms with E-state index in [2.05, 4.69) is 38.2 Å². The van der Waals surface area contributed by atoms with Gasteiger partial charge in [-0.1, -0.05) is 217 Å². The van der Waals surface area contributed by atoms with Crippen LogP contribution >= 0.6 is 0 Å². The topological polar surface area (TPSA) is 95.9 Å². The molecule has 0 radical (unpaired) electrons. The average molecular weight is 758 g/mol. The maximum absolute atomic E-state index is 13.1. The summed E-state index contributed by atoms with van der Waals surface area (Å²) in [4.78, 5) is 25.9. The van der Waals surface area contributed by atoms with Crippen LogP contribution in [0.3, 0.4) is 0 Å². The molecule has 0 saturated heterocycles. The molecule has 0 aromatic heterocycles. The van der Waals surface area contributed by atoms with Gasteiger partial charge in [0.1, 0.15) is 6.10 Å². The summed E-state index contributed by atoms with van der Waals surface area (Å²) in [5, 5.41) is 23.6. The van der Waals surface area contributed by atoms with Crippen LogP contribution in [0, 0.1) is 0 Å². The Labute approximate surface area is 334 Å². The van der Waals surface area contributed by atoms with E-state index in [1.807, 2.05) is 36.5 Å². The summed E-state index contributed by atoms with van der Waals surface area (Å²) >= 11 is 0. The lowest BCUT2D eigenvalue weighted by Crippen LogP contribution is -2.46. The molecule has 3 atom stereocenters. The second kappa shape index (κ2) is 42.0. The zero-order valence-corrected chi connectivity index (χ0v) is 35.6. The van der Waals surface area contributed by atoms with Crippen molar-refractivity contribution in [3.05, 3.63) is 48.6 Å². The van der Waals surface area contributed by atoms with Crippen LogP contribution in [0.5, 0.6) is 0 Å². The smallest absolute Gasteiger partial charge is 0.306 e. The number of amides is 1. The minimum Gasteiger partial charge on any atom is -0.462 e. The summed E-state index contributed by atoms with van der Waals surface area (Å²) in [6.45, 7) is 6.30. The number of carbonyl (C=O) groups excluding carboxylic acids is 2. The normalized spacial score (nSPS) is 13.8. The van der Waals surface area contributed by atoms with Crippen molar-refractivity contribution in [3.63, 3.8) is 0 Å². The third-order valence-corrected chi connectivity index (χ3v) is 10.3. The second-order valence-corrected chi connectivity index (χ2v) is 15.5. The Hall–Kier alpha value is -2.18. The number of rotatable bonds is 40. The van der Waals surface area contributed by atoms with Gasteiger partial charge in [-0.25, -0.2) is 0 Å². The van der Waals surface area contributed by atoms with E-state index in [1.54, 1.807) is 0 Å². The molecular formula is C48H87NO5. The molecule has 0 aromatic rings. The highest BCUT2D eigenvalue weighted by Crippen LogP contribution is 2.17. The quantitative estimate of drug-likeness (QED) is 0.0329. The Balaban J connectivity index is 4.65. The van der Waals surface area contributed by atoms with Crippen LogP contribution in [0.4, 0.5) is 0 Å². The van der Waals surface area contributed by atoms with Crippen LogP contribution in [0.25, 0.3) is 0 Å². The van der Waals surface area contributed by atoms with Crippen molar-refractivity contribution in [2.75, 3.05) is 6.61 Å². The number of esters is 1. The number of aliphatic hydroxyl groups is 2. The van der Waals surface area contributed by atoms with Gasteiger partial charge < -0.3 is 20.3 Å². The van der Waals surface area contributed by atoms with E-state index in [4.69, 9.17) is 4.74 Å². The summed E-state index contributed by atoms with van der Waals surface area (Å²) in [6.07, 6.45) is 48.9. The molecule has 3 N–H and O–H groups in total. The first kappa shape index (κ1) is 51.8. The van der Waals surface area contributed by atoms with Crippen molar-refractivity contribution < 1.29 is 24.5 Å². The van der Waals surface area contributed by atoms with Crippen molar-refractivity contribution in [1.82, 2.24) is 5.32 Å². The van der Waals surface area contributed by atoms with Gasteiger partial charge in [0.15, 0.2) is 0 Å². The third-order valence-electron chi connectivity index (χ3n) is 10.3. The molecule has 0 aliphatic heterocycles. The highest BCUT2D eigenvalue weighted by atomic mass is 16.5. The van der Waals surface area contributed by atoms with E-state index in [0.29, 0.717) is 19.3 Å². The highest BCUT2D eigenvalue weighted by Gasteiger charge is 2.24. The molecule has 54 heavy (non-hydrogen) atoms. The summed E-state index contributed by atoms with van der Waals surface area (Å²) in [5.74, 6) is -0.540. The molecule has 0 bridgehead atoms. The maximum Gasteiger partial charge on any atom is 0.306 e. The van der Waals surface area contributed by atoms with Gasteiger partial charge in [0.05, 0.1) is 25.2 Å². The number of nitrogens with one attached hydrogen (secondary N) is 1. The lowest BCUT2D eigenvalue weighted by Gasteiger charge is -2.24. The van der Waals surface area contributed by atoms with Crippen LogP contribution in [-0.2, 0) is 14.3 Å². The molecule has 0 aliphatic rings. The highest BCUT2D eigenvalue weighted by molar-refractivity contribution is 5.77. The van der Waals surface area contributed by atoms with Gasteiger partial charge in [0.2, 0.25) is 5.91 Å². The Morgan fingerprint density at radius 1 is 0.556 bits per heavy atom. The Kier molecular flexibility index (Phi) is 40.3. The number of hydrogen-bond acceptors (Lipinski definition) is 5. The predicted molar refractivity (Wildman–Crippen MR) is 232 cm³/mol. The van der Waals surface area contributed by atoms with Gasteiger partial charge in [-0.15, -0.1) is 0 Å². The summed E-state index contributed by atoms with van der Waals surface area (Å²) in [7, 11) is 0. The van der Waals surface area contributed by atoms with E-state index in [0.717, 1.165) is 57.8 Å². The molecule has 314 valence electrons. The fourth-order valence-electron chi connectivity index (χ4n) is 6.80. The minimum atomic E-state index is -0.801. The Bertz CT molecular complexity index is 941. The fraction of sp³-hybridized carbons (Fsp3) is 0.792. The van der Waals surface area contributed by atoms with Crippen molar-refractivity contribution >= 4 is 11.9 Å². The van der Waals surface area contributed by atoms with Gasteiger partial charge in [0, 0.05) is 6.42 Å². The lowest BCUT2D eigenvalue weighted by molar-refractivity contribution is -0.151. The van der Waals surface area contributed by atoms with E-state index >= 15 is 0 Å². The van der Waals surface area contributed by atoms with Crippen LogP contribution in [0.2, 0.25) is 0 Å². The zero-order chi connectivity index (χ0) is 39.6. The van der Waals surface area contributed by atoms with Crippen LogP contribution < -0.4 is 5.32 Å². The molecule has 6 nitrogen and oxygen atoms in total. The van der Waals surface area contributed by atoms with Crippen LogP contribution in [0.1, 0.15) is 220 Å². The van der Waals surface area contributed by atoms with Crippen molar-refractivity contribution in [1.29, 1.82) is 0 Å². The minimum absolute atomic E-state index is 0.0334. The van der Waals surface area contributed by atoms with E-state index in [9.17, 15) is 19.8 Å². The number of ether oxygens (including phenoxy) is 1. The molecule has 0 spiro atoms. The van der Waals surface area contributed by atoms with Gasteiger partial charge in [-0.2, -0.15) is 0 Å². The van der Waals surface area contributed by atoms with Gasteiger partial charge >= 0.3 is 5.97 Å². The van der Waals surface area contributed by atoms with E-state index < -0.39 is 18.2 Å². The predicted octanol–water partition coefficient (Wildman–Crippen LogP) is 13.1. The second-order valence-electron chi connectivity index (χ2n) is 15.5. The summed E-state index contributed by atoms with van der Waals surface area (Å²) in [6, 6.07) is -0.719. The lowest BCUT2D eigenvalue weighted by atomic mass is 10.0. The monoisotopic (exact) mass is 758 g/mol. The standard InChI is InChI=1S/C48H87NO5/c1-4-7-10-13-16-19-22-23-26-29-32-35-38-41-48(53)54-44(39-36-33-30-27-24-20-17-14-11-8-5-2)42-47(52)49-45(43-50)46(51)40-37-34-31-28-25-21-18-15-12-9-6-3/h8,11,14,17,20,24,27,30,44-46,50-51H,4-7,9-10,12-13,15-16,18-19,21-23,25-26,28-29,31-43H2,1-3H3,(H,49,52)/b11-8+,17-14+,24-20-,30-27-. The molecule has 1 amide bonds. The molecule has 6 heteroatoms. The van der Waals surface area contributed by atoms with Crippen LogP contribution in [-0.4, -0.2) is 46.9 Å². The first-order chi connectivity index (χ1) is 26.5. The molecule has 0 aromatic carbocycles. The van der Waals surface area contributed by atoms with Crippen molar-refractivity contribution in [2.24, 2.45) is 0 Å². The summed E-state index contributed by atoms with van der Waals surface area (Å²) < 4.78 is 5.86. The number of carbonyl (C=O) groups is 2. The third kappa shape index (κ3) is 36.8. The largest absolute Gasteiger partial charge is 0.462 e. The van der Waals surface area contributed by atoms with Gasteiger partial charge in [-0.3, -0.25) is 9.59 Å². The van der Waals surface area contributed by atoms with Crippen molar-refractivity contribution in [2.45, 2.75) is 238 Å². The molecular weight excluding hydrogens is 671 g/mol. The molecule has 0 heterocycles. The van der Waals surface area contributed by atoms with E-state index in [1.165, 1.54) is 116 Å². The molecule has 0 rings (SSSR count). The first-order valence-electron chi connectivity index (χ1n) is 22.9. The number of hydrogen-bond donors (Lipinski definition) is 3.